The topological polar surface area (TPSA) is 54.4 Å². The molecule has 1 N–H and O–H groups in total. The van der Waals surface area contributed by atoms with Gasteiger partial charge in [0, 0.05) is 0 Å². The molecule has 0 aliphatic carbocycles. The minimum Gasteiger partial charge on any atom is -0.478 e. The molecule has 16 heavy (non-hydrogen) atoms. The molecule has 0 heterocycles. The second-order valence-corrected chi connectivity index (χ2v) is 3.95. The minimum atomic E-state index is -1.06. The second-order valence-electron chi connectivity index (χ2n) is 3.51. The Morgan fingerprint density at radius 3 is 2.50 bits per heavy atom. The molecule has 0 aliphatic rings. The van der Waals surface area contributed by atoms with E-state index in [1.54, 1.807) is 12.1 Å². The van der Waals surface area contributed by atoms with Gasteiger partial charge in [-0.1, -0.05) is 19.1 Å². The summed E-state index contributed by atoms with van der Waals surface area (Å²) in [7, 11) is 0. The van der Waals surface area contributed by atoms with E-state index in [1.165, 1.54) is 13.0 Å². The van der Waals surface area contributed by atoms with E-state index in [4.69, 9.17) is 16.7 Å². The zero-order chi connectivity index (χ0) is 12.3. The van der Waals surface area contributed by atoms with Gasteiger partial charge in [-0.2, -0.15) is 0 Å². The summed E-state index contributed by atoms with van der Waals surface area (Å²) in [5, 5.41) is 8.16. The summed E-state index contributed by atoms with van der Waals surface area (Å²) < 4.78 is 0. The fourth-order valence-electron chi connectivity index (χ4n) is 1.61. The van der Waals surface area contributed by atoms with Gasteiger partial charge in [-0.15, -0.1) is 11.6 Å². The third-order valence-electron chi connectivity index (χ3n) is 2.42. The maximum absolute atomic E-state index is 11.3. The molecule has 1 rings (SSSR count). The van der Waals surface area contributed by atoms with Crippen LogP contribution in [0.4, 0.5) is 0 Å². The summed E-state index contributed by atoms with van der Waals surface area (Å²) in [6.07, 6.45) is 0.646. The molecule has 4 heteroatoms. The summed E-state index contributed by atoms with van der Waals surface area (Å²) >= 11 is 5.96. The number of carboxylic acids is 1. The number of aromatic carboxylic acids is 1. The predicted octanol–water partition coefficient (Wildman–Crippen LogP) is 2.82. The first kappa shape index (κ1) is 12.7. The normalized spacial score (nSPS) is 12.2. The molecular formula is C12H13ClO3. The van der Waals surface area contributed by atoms with Crippen LogP contribution < -0.4 is 0 Å². The SMILES string of the molecule is CCc1cccc(C(=O)O)c1C(Cl)C(C)=O. The van der Waals surface area contributed by atoms with E-state index in [1.807, 2.05) is 6.92 Å². The number of alkyl halides is 1. The number of halogens is 1. The van der Waals surface area contributed by atoms with Gasteiger partial charge in [-0.3, -0.25) is 4.79 Å². The summed E-state index contributed by atoms with van der Waals surface area (Å²) in [5.74, 6) is -1.30. The highest BCUT2D eigenvalue weighted by atomic mass is 35.5. The molecule has 1 atom stereocenters. The Kier molecular flexibility index (Phi) is 4.07. The molecule has 86 valence electrons. The van der Waals surface area contributed by atoms with Gasteiger partial charge in [0.15, 0.2) is 5.78 Å². The molecule has 0 amide bonds. The van der Waals surface area contributed by atoms with Crippen LogP contribution in [-0.4, -0.2) is 16.9 Å². The lowest BCUT2D eigenvalue weighted by atomic mass is 9.95. The van der Waals surface area contributed by atoms with E-state index in [0.29, 0.717) is 12.0 Å². The Morgan fingerprint density at radius 1 is 1.44 bits per heavy atom. The average Bonchev–Trinajstić information content (AvgIpc) is 2.26. The van der Waals surface area contributed by atoms with Crippen molar-refractivity contribution < 1.29 is 14.7 Å². The van der Waals surface area contributed by atoms with E-state index in [-0.39, 0.29) is 11.3 Å². The molecule has 0 radical (unpaired) electrons. The number of carboxylic acid groups (broad SMARTS) is 1. The molecule has 0 bridgehead atoms. The summed E-state index contributed by atoms with van der Waals surface area (Å²) in [4.78, 5) is 22.3. The first-order valence-corrected chi connectivity index (χ1v) is 5.42. The standard InChI is InChI=1S/C12H13ClO3/c1-3-8-5-4-6-9(12(15)16)10(8)11(13)7(2)14/h4-6,11H,3H2,1-2H3,(H,15,16). The number of hydrogen-bond acceptors (Lipinski definition) is 2. The van der Waals surface area contributed by atoms with Crippen LogP contribution in [0.15, 0.2) is 18.2 Å². The number of benzene rings is 1. The molecule has 0 fully saturated rings. The molecule has 1 unspecified atom stereocenters. The number of ketones is 1. The van der Waals surface area contributed by atoms with Crippen LogP contribution in [0.25, 0.3) is 0 Å². The van der Waals surface area contributed by atoms with E-state index in [9.17, 15) is 9.59 Å². The van der Waals surface area contributed by atoms with Crippen LogP contribution >= 0.6 is 11.6 Å². The van der Waals surface area contributed by atoms with Crippen LogP contribution in [-0.2, 0) is 11.2 Å². The Labute approximate surface area is 99.0 Å². The van der Waals surface area contributed by atoms with Gasteiger partial charge < -0.3 is 5.11 Å². The van der Waals surface area contributed by atoms with Crippen LogP contribution in [0.3, 0.4) is 0 Å². The maximum atomic E-state index is 11.3. The molecule has 0 aromatic heterocycles. The fraction of sp³-hybridized carbons (Fsp3) is 0.333. The molecular weight excluding hydrogens is 228 g/mol. The third-order valence-corrected chi connectivity index (χ3v) is 2.94. The van der Waals surface area contributed by atoms with Crippen molar-refractivity contribution in [2.24, 2.45) is 0 Å². The first-order chi connectivity index (χ1) is 7.49. The lowest BCUT2D eigenvalue weighted by Gasteiger charge is -2.14. The van der Waals surface area contributed by atoms with Crippen LogP contribution in [0.2, 0.25) is 0 Å². The summed E-state index contributed by atoms with van der Waals surface area (Å²) in [6.45, 7) is 3.25. The number of aryl methyl sites for hydroxylation is 1. The lowest BCUT2D eigenvalue weighted by Crippen LogP contribution is -2.12. The van der Waals surface area contributed by atoms with Gasteiger partial charge in [-0.05, 0) is 30.5 Å². The summed E-state index contributed by atoms with van der Waals surface area (Å²) in [6, 6.07) is 4.92. The van der Waals surface area contributed by atoms with Crippen molar-refractivity contribution in [3.05, 3.63) is 34.9 Å². The van der Waals surface area contributed by atoms with Gasteiger partial charge in [0.2, 0.25) is 0 Å². The van der Waals surface area contributed by atoms with Crippen molar-refractivity contribution in [3.8, 4) is 0 Å². The monoisotopic (exact) mass is 240 g/mol. The molecule has 3 nitrogen and oxygen atoms in total. The van der Waals surface area contributed by atoms with Crippen molar-refractivity contribution >= 4 is 23.4 Å². The highest BCUT2D eigenvalue weighted by Gasteiger charge is 2.22. The zero-order valence-electron chi connectivity index (χ0n) is 9.16. The van der Waals surface area contributed by atoms with E-state index < -0.39 is 11.3 Å². The quantitative estimate of drug-likeness (QED) is 0.824. The van der Waals surface area contributed by atoms with E-state index >= 15 is 0 Å². The van der Waals surface area contributed by atoms with Gasteiger partial charge in [-0.25, -0.2) is 4.79 Å². The van der Waals surface area contributed by atoms with Crippen molar-refractivity contribution in [1.29, 1.82) is 0 Å². The fourth-order valence-corrected chi connectivity index (χ4v) is 1.87. The molecule has 0 saturated carbocycles. The van der Waals surface area contributed by atoms with Crippen molar-refractivity contribution in [2.45, 2.75) is 25.6 Å². The second kappa shape index (κ2) is 5.12. The van der Waals surface area contributed by atoms with E-state index in [2.05, 4.69) is 0 Å². The van der Waals surface area contributed by atoms with E-state index in [0.717, 1.165) is 5.56 Å². The predicted molar refractivity (Wildman–Crippen MR) is 62.1 cm³/mol. The van der Waals surface area contributed by atoms with Gasteiger partial charge in [0.25, 0.3) is 0 Å². The molecule has 1 aromatic rings. The Hall–Kier alpha value is -1.35. The lowest BCUT2D eigenvalue weighted by molar-refractivity contribution is -0.116. The first-order valence-electron chi connectivity index (χ1n) is 4.98. The number of carbonyl (C=O) groups is 2. The number of hydrogen-bond donors (Lipinski definition) is 1. The van der Waals surface area contributed by atoms with Gasteiger partial charge in [0.05, 0.1) is 5.56 Å². The molecule has 1 aromatic carbocycles. The maximum Gasteiger partial charge on any atom is 0.336 e. The van der Waals surface area contributed by atoms with Crippen molar-refractivity contribution in [2.75, 3.05) is 0 Å². The number of Topliss-reactive ketones (excluding diaryl/α,β-unsaturated/α-hetero) is 1. The number of carbonyl (C=O) groups excluding carboxylic acids is 1. The third kappa shape index (κ3) is 2.42. The van der Waals surface area contributed by atoms with Crippen LogP contribution in [0.1, 0.15) is 40.7 Å². The largest absolute Gasteiger partial charge is 0.478 e. The van der Waals surface area contributed by atoms with Crippen LogP contribution in [0.5, 0.6) is 0 Å². The minimum absolute atomic E-state index is 0.106. The van der Waals surface area contributed by atoms with Gasteiger partial charge >= 0.3 is 5.97 Å². The Balaban J connectivity index is 3.41. The summed E-state index contributed by atoms with van der Waals surface area (Å²) in [5.41, 5.74) is 1.33. The van der Waals surface area contributed by atoms with Crippen molar-refractivity contribution in [3.63, 3.8) is 0 Å². The molecule has 0 spiro atoms. The Morgan fingerprint density at radius 2 is 2.06 bits per heavy atom. The molecule has 0 aliphatic heterocycles. The highest BCUT2D eigenvalue weighted by molar-refractivity contribution is 6.31. The zero-order valence-corrected chi connectivity index (χ0v) is 9.91. The average molecular weight is 241 g/mol. The van der Waals surface area contributed by atoms with Crippen molar-refractivity contribution in [1.82, 2.24) is 0 Å². The highest BCUT2D eigenvalue weighted by Crippen LogP contribution is 2.29. The van der Waals surface area contributed by atoms with Crippen LogP contribution in [0, 0.1) is 0 Å². The smallest absolute Gasteiger partial charge is 0.336 e. The Bertz CT molecular complexity index is 426. The number of rotatable bonds is 4. The van der Waals surface area contributed by atoms with Gasteiger partial charge in [0.1, 0.15) is 5.38 Å². The molecule has 0 saturated heterocycles.